The highest BCUT2D eigenvalue weighted by molar-refractivity contribution is 7.71. The summed E-state index contributed by atoms with van der Waals surface area (Å²) in [6.07, 6.45) is 1.87. The molecule has 4 rings (SSSR count). The zero-order chi connectivity index (χ0) is 21.8. The highest BCUT2D eigenvalue weighted by Crippen LogP contribution is 2.29. The summed E-state index contributed by atoms with van der Waals surface area (Å²) in [6, 6.07) is -0.542. The van der Waals surface area contributed by atoms with E-state index in [4.69, 9.17) is 33.3 Å². The normalized spacial score (nSPS) is 20.4. The van der Waals surface area contributed by atoms with Gasteiger partial charge < -0.3 is 25.5 Å². The third kappa shape index (κ3) is 4.38. The number of anilines is 1. The molecular weight excluding hydrogens is 416 g/mol. The smallest absolute Gasteiger partial charge is 0.330 e. The second kappa shape index (κ2) is 8.87. The summed E-state index contributed by atoms with van der Waals surface area (Å²) in [4.78, 5) is 41.2. The molecule has 6 N–H and O–H groups in total. The van der Waals surface area contributed by atoms with Crippen molar-refractivity contribution in [2.24, 2.45) is 5.11 Å². The van der Waals surface area contributed by atoms with Gasteiger partial charge in [0, 0.05) is 23.1 Å². The molecule has 1 aliphatic heterocycles. The van der Waals surface area contributed by atoms with Crippen LogP contribution in [0.4, 0.5) is 5.95 Å². The number of ether oxygens (including phenoxy) is 1. The fourth-order valence-corrected chi connectivity index (χ4v) is 3.16. The standard InChI is InChI=1S/C10H13N5O4.C5H5N5S/c1-5-3-15(10(18)12-9(5)17)8-2-6(13-14-11)7(4-16)19-8;6-5-9-3-2(4(11)10-5)7-1-8-3/h3,6-8,16H,2,4H2,1H3,(H,12,17,18);1H,(H4,6,7,8,9,10,11)/t6-,7+,8+;/m0./s1. The van der Waals surface area contributed by atoms with Crippen LogP contribution in [0.3, 0.4) is 0 Å². The van der Waals surface area contributed by atoms with Gasteiger partial charge in [-0.3, -0.25) is 14.3 Å². The van der Waals surface area contributed by atoms with Crippen LogP contribution < -0.4 is 17.0 Å². The van der Waals surface area contributed by atoms with Crippen LogP contribution in [0.5, 0.6) is 0 Å². The number of azide groups is 1. The van der Waals surface area contributed by atoms with E-state index in [0.29, 0.717) is 21.4 Å². The number of hydrogen-bond acceptors (Lipinski definition) is 9. The summed E-state index contributed by atoms with van der Waals surface area (Å²) in [5.74, 6) is 0.287. The van der Waals surface area contributed by atoms with E-state index in [9.17, 15) is 9.59 Å². The highest BCUT2D eigenvalue weighted by Gasteiger charge is 2.35. The Bertz CT molecular complexity index is 1270. The SMILES string of the molecule is Cc1cn([C@H]2C[C@H](N=[N+]=[N-])[C@@H](CO)O2)c(=O)[nH]c1=O.Nc1nc(=S)c2[nH]cnc2[nH]1. The minimum absolute atomic E-state index is 0.265. The molecule has 1 fully saturated rings. The van der Waals surface area contributed by atoms with Gasteiger partial charge >= 0.3 is 5.69 Å². The molecule has 0 spiro atoms. The van der Waals surface area contributed by atoms with Crippen LogP contribution in [-0.4, -0.2) is 53.3 Å². The second-order valence-electron chi connectivity index (χ2n) is 6.35. The summed E-state index contributed by atoms with van der Waals surface area (Å²) in [7, 11) is 0. The average molecular weight is 434 g/mol. The van der Waals surface area contributed by atoms with Crippen LogP contribution in [0, 0.1) is 11.6 Å². The van der Waals surface area contributed by atoms with Crippen molar-refractivity contribution >= 4 is 29.3 Å². The van der Waals surface area contributed by atoms with Gasteiger partial charge in [-0.05, 0) is 12.5 Å². The van der Waals surface area contributed by atoms with Gasteiger partial charge in [-0.15, -0.1) is 0 Å². The van der Waals surface area contributed by atoms with Crippen molar-refractivity contribution in [2.75, 3.05) is 12.3 Å². The Kier molecular flexibility index (Phi) is 6.27. The maximum Gasteiger partial charge on any atom is 0.330 e. The van der Waals surface area contributed by atoms with Crippen LogP contribution in [0.2, 0.25) is 0 Å². The Morgan fingerprint density at radius 3 is 2.97 bits per heavy atom. The number of nitrogens with one attached hydrogen (secondary N) is 3. The van der Waals surface area contributed by atoms with Crippen LogP contribution in [-0.2, 0) is 4.74 Å². The van der Waals surface area contributed by atoms with Crippen molar-refractivity contribution in [2.45, 2.75) is 31.7 Å². The zero-order valence-electron chi connectivity index (χ0n) is 15.6. The molecule has 0 unspecified atom stereocenters. The number of aliphatic hydroxyl groups is 1. The van der Waals surface area contributed by atoms with E-state index < -0.39 is 29.6 Å². The molecule has 158 valence electrons. The lowest BCUT2D eigenvalue weighted by Gasteiger charge is -2.14. The van der Waals surface area contributed by atoms with E-state index >= 15 is 0 Å². The molecule has 0 aromatic carbocycles. The number of nitrogens with two attached hydrogens (primary N) is 1. The summed E-state index contributed by atoms with van der Waals surface area (Å²) >= 11 is 4.91. The van der Waals surface area contributed by atoms with Gasteiger partial charge in [0.1, 0.15) is 11.7 Å². The predicted octanol–water partition coefficient (Wildman–Crippen LogP) is 0.401. The molecule has 0 bridgehead atoms. The van der Waals surface area contributed by atoms with E-state index in [2.05, 4.69) is 34.9 Å². The first-order chi connectivity index (χ1) is 14.3. The topological polar surface area (TPSA) is 216 Å². The molecule has 1 aliphatic rings. The number of aryl methyl sites for hydroxylation is 1. The first-order valence-corrected chi connectivity index (χ1v) is 9.06. The lowest BCUT2D eigenvalue weighted by Crippen LogP contribution is -2.33. The first kappa shape index (κ1) is 21.2. The van der Waals surface area contributed by atoms with Crippen molar-refractivity contribution in [1.82, 2.24) is 29.5 Å². The number of aromatic amines is 3. The quantitative estimate of drug-likeness (QED) is 0.168. The van der Waals surface area contributed by atoms with E-state index in [1.165, 1.54) is 17.1 Å². The second-order valence-corrected chi connectivity index (χ2v) is 6.74. The minimum Gasteiger partial charge on any atom is -0.394 e. The largest absolute Gasteiger partial charge is 0.394 e. The van der Waals surface area contributed by atoms with Gasteiger partial charge in [0.2, 0.25) is 5.95 Å². The molecule has 1 saturated heterocycles. The first-order valence-electron chi connectivity index (χ1n) is 8.65. The van der Waals surface area contributed by atoms with E-state index in [0.717, 1.165) is 0 Å². The van der Waals surface area contributed by atoms with Crippen molar-refractivity contribution in [3.8, 4) is 0 Å². The molecule has 4 heterocycles. The van der Waals surface area contributed by atoms with Gasteiger partial charge in [-0.25, -0.2) is 14.8 Å². The summed E-state index contributed by atoms with van der Waals surface area (Å²) in [5, 5.41) is 12.7. The predicted molar refractivity (Wildman–Crippen MR) is 108 cm³/mol. The third-order valence-corrected chi connectivity index (χ3v) is 4.66. The van der Waals surface area contributed by atoms with Crippen molar-refractivity contribution in [3.05, 3.63) is 54.0 Å². The Morgan fingerprint density at radius 1 is 1.50 bits per heavy atom. The fourth-order valence-electron chi connectivity index (χ4n) is 2.90. The molecular formula is C15H18N10O4S. The van der Waals surface area contributed by atoms with Crippen LogP contribution >= 0.6 is 12.2 Å². The van der Waals surface area contributed by atoms with Crippen LogP contribution in [0.15, 0.2) is 27.2 Å². The lowest BCUT2D eigenvalue weighted by atomic mass is 10.1. The number of nitrogens with zero attached hydrogens (tertiary/aromatic N) is 6. The zero-order valence-corrected chi connectivity index (χ0v) is 16.5. The Labute approximate surface area is 172 Å². The number of fused-ring (bicyclic) bond motifs is 1. The number of aliphatic hydroxyl groups excluding tert-OH is 1. The Balaban J connectivity index is 0.000000196. The number of nitrogen functional groups attached to an aromatic ring is 1. The van der Waals surface area contributed by atoms with Gasteiger partial charge in [0.05, 0.1) is 25.1 Å². The maximum absolute atomic E-state index is 11.7. The molecule has 0 radical (unpaired) electrons. The molecule has 14 nitrogen and oxygen atoms in total. The molecule has 3 aromatic heterocycles. The number of hydrogen-bond donors (Lipinski definition) is 5. The van der Waals surface area contributed by atoms with Crippen LogP contribution in [0.1, 0.15) is 18.2 Å². The molecule has 0 amide bonds. The summed E-state index contributed by atoms with van der Waals surface area (Å²) in [6.45, 7) is 1.26. The Hall–Kier alpha value is -3.52. The Morgan fingerprint density at radius 2 is 2.27 bits per heavy atom. The average Bonchev–Trinajstić information content (AvgIpc) is 3.32. The molecule has 0 aliphatic carbocycles. The molecule has 15 heteroatoms. The van der Waals surface area contributed by atoms with Crippen molar-refractivity contribution in [1.29, 1.82) is 0 Å². The van der Waals surface area contributed by atoms with Gasteiger partial charge in [0.15, 0.2) is 10.3 Å². The minimum atomic E-state index is -0.671. The van der Waals surface area contributed by atoms with E-state index in [1.54, 1.807) is 6.92 Å². The molecule has 0 saturated carbocycles. The van der Waals surface area contributed by atoms with Gasteiger partial charge in [-0.2, -0.15) is 0 Å². The van der Waals surface area contributed by atoms with Gasteiger partial charge in [0.25, 0.3) is 5.56 Å². The van der Waals surface area contributed by atoms with Gasteiger partial charge in [-0.1, -0.05) is 17.3 Å². The van der Waals surface area contributed by atoms with Crippen LogP contribution in [0.25, 0.3) is 21.6 Å². The molecule has 3 aromatic rings. The lowest BCUT2D eigenvalue weighted by molar-refractivity contribution is -0.0271. The molecule has 3 atom stereocenters. The van der Waals surface area contributed by atoms with E-state index in [1.807, 2.05) is 0 Å². The molecule has 30 heavy (non-hydrogen) atoms. The number of rotatable bonds is 3. The maximum atomic E-state index is 11.7. The number of aromatic nitrogens is 6. The summed E-state index contributed by atoms with van der Waals surface area (Å²) in [5.41, 5.74) is 14.5. The number of H-pyrrole nitrogens is 3. The monoisotopic (exact) mass is 434 g/mol. The van der Waals surface area contributed by atoms with Crippen molar-refractivity contribution < 1.29 is 9.84 Å². The fraction of sp³-hybridized carbons (Fsp3) is 0.400. The third-order valence-electron chi connectivity index (χ3n) is 4.36. The van der Waals surface area contributed by atoms with Crippen molar-refractivity contribution in [3.63, 3.8) is 0 Å². The number of imidazole rings is 1. The highest BCUT2D eigenvalue weighted by atomic mass is 32.1. The summed E-state index contributed by atoms with van der Waals surface area (Å²) < 4.78 is 7.13. The van der Waals surface area contributed by atoms with E-state index in [-0.39, 0.29) is 19.0 Å².